The van der Waals surface area contributed by atoms with Gasteiger partial charge in [-0.2, -0.15) is 5.26 Å². The molecule has 5 heteroatoms. The van der Waals surface area contributed by atoms with Crippen molar-refractivity contribution in [2.24, 2.45) is 0 Å². The molecule has 0 spiro atoms. The summed E-state index contributed by atoms with van der Waals surface area (Å²) in [5.74, 6) is 0. The van der Waals surface area contributed by atoms with E-state index in [1.807, 2.05) is 31.4 Å². The number of fused-ring (bicyclic) bond motifs is 2. The van der Waals surface area contributed by atoms with Crippen molar-refractivity contribution in [3.05, 3.63) is 82.9 Å². The van der Waals surface area contributed by atoms with E-state index in [2.05, 4.69) is 41.1 Å². The van der Waals surface area contributed by atoms with Crippen LogP contribution in [0, 0.1) is 11.3 Å². The SMILES string of the molecule is CN1NC=C(c2ccc3c(c2)CNCC3)C(c2ccc3ccoc3c2)=C1C#N. The lowest BCUT2D eigenvalue weighted by molar-refractivity contribution is 0.365. The summed E-state index contributed by atoms with van der Waals surface area (Å²) in [6.07, 6.45) is 4.72. The Balaban J connectivity index is 1.68. The van der Waals surface area contributed by atoms with Crippen molar-refractivity contribution < 1.29 is 4.42 Å². The predicted molar refractivity (Wildman–Crippen MR) is 109 cm³/mol. The third-order valence-corrected chi connectivity index (χ3v) is 5.50. The van der Waals surface area contributed by atoms with Crippen molar-refractivity contribution in [3.63, 3.8) is 0 Å². The van der Waals surface area contributed by atoms with Crippen molar-refractivity contribution >= 4 is 22.1 Å². The first-order valence-corrected chi connectivity index (χ1v) is 9.40. The van der Waals surface area contributed by atoms with E-state index in [1.54, 1.807) is 11.3 Å². The maximum atomic E-state index is 9.87. The van der Waals surface area contributed by atoms with E-state index >= 15 is 0 Å². The molecule has 0 saturated carbocycles. The summed E-state index contributed by atoms with van der Waals surface area (Å²) in [5.41, 5.74) is 11.3. The second kappa shape index (κ2) is 6.59. The molecular formula is C23H20N4O. The van der Waals surface area contributed by atoms with Gasteiger partial charge in [0.25, 0.3) is 0 Å². The van der Waals surface area contributed by atoms with E-state index < -0.39 is 0 Å². The van der Waals surface area contributed by atoms with Crippen LogP contribution in [-0.4, -0.2) is 18.6 Å². The molecule has 0 unspecified atom stereocenters. The smallest absolute Gasteiger partial charge is 0.143 e. The van der Waals surface area contributed by atoms with Crippen molar-refractivity contribution in [1.82, 2.24) is 15.8 Å². The van der Waals surface area contributed by atoms with Crippen LogP contribution in [0.2, 0.25) is 0 Å². The number of furan rings is 1. The summed E-state index contributed by atoms with van der Waals surface area (Å²) in [4.78, 5) is 0. The van der Waals surface area contributed by atoms with Gasteiger partial charge in [-0.3, -0.25) is 5.01 Å². The van der Waals surface area contributed by atoms with Crippen LogP contribution in [0.15, 0.2) is 65.0 Å². The number of nitrogens with zero attached hydrogens (tertiary/aromatic N) is 2. The molecule has 0 atom stereocenters. The Morgan fingerprint density at radius 3 is 2.86 bits per heavy atom. The van der Waals surface area contributed by atoms with Gasteiger partial charge in [-0.1, -0.05) is 24.3 Å². The van der Waals surface area contributed by atoms with Crippen molar-refractivity contribution in [2.45, 2.75) is 13.0 Å². The lowest BCUT2D eigenvalue weighted by Gasteiger charge is -2.29. The number of hydrogen-bond acceptors (Lipinski definition) is 5. The first kappa shape index (κ1) is 16.7. The van der Waals surface area contributed by atoms with E-state index in [0.29, 0.717) is 5.70 Å². The van der Waals surface area contributed by atoms with Gasteiger partial charge < -0.3 is 15.2 Å². The van der Waals surface area contributed by atoms with Crippen LogP contribution in [0.25, 0.3) is 22.1 Å². The fourth-order valence-corrected chi connectivity index (χ4v) is 4.00. The first-order valence-electron chi connectivity index (χ1n) is 9.40. The van der Waals surface area contributed by atoms with Gasteiger partial charge in [0.1, 0.15) is 17.3 Å². The Labute approximate surface area is 163 Å². The second-order valence-electron chi connectivity index (χ2n) is 7.17. The number of benzene rings is 2. The minimum absolute atomic E-state index is 0.583. The molecule has 2 aliphatic rings. The van der Waals surface area contributed by atoms with Gasteiger partial charge in [0.05, 0.1) is 6.26 Å². The molecule has 3 heterocycles. The summed E-state index contributed by atoms with van der Waals surface area (Å²) in [6, 6.07) is 17.0. The second-order valence-corrected chi connectivity index (χ2v) is 7.17. The standard InChI is InChI=1S/C23H20N4O/c1-27-21(12-24)23(18-5-3-16-7-9-28-22(16)11-18)20(14-26-27)17-4-2-15-6-8-25-13-19(15)10-17/h2-5,7,9-11,14,25-26H,6,8,13H2,1H3. The lowest BCUT2D eigenvalue weighted by Crippen LogP contribution is -2.33. The van der Waals surface area contributed by atoms with Crippen LogP contribution in [0.4, 0.5) is 0 Å². The number of allylic oxidation sites excluding steroid dienone is 3. The zero-order valence-electron chi connectivity index (χ0n) is 15.6. The summed E-state index contributed by atoms with van der Waals surface area (Å²) in [7, 11) is 1.86. The Morgan fingerprint density at radius 1 is 1.07 bits per heavy atom. The molecule has 28 heavy (non-hydrogen) atoms. The monoisotopic (exact) mass is 368 g/mol. The molecule has 138 valence electrons. The maximum Gasteiger partial charge on any atom is 0.143 e. The van der Waals surface area contributed by atoms with Crippen LogP contribution in [-0.2, 0) is 13.0 Å². The van der Waals surface area contributed by atoms with Gasteiger partial charge in [0.15, 0.2) is 0 Å². The Morgan fingerprint density at radius 2 is 1.96 bits per heavy atom. The quantitative estimate of drug-likeness (QED) is 0.720. The lowest BCUT2D eigenvalue weighted by atomic mass is 9.88. The van der Waals surface area contributed by atoms with Crippen LogP contribution in [0.3, 0.4) is 0 Å². The number of hydrogen-bond donors (Lipinski definition) is 2. The highest BCUT2D eigenvalue weighted by Crippen LogP contribution is 2.38. The van der Waals surface area contributed by atoms with Crippen LogP contribution >= 0.6 is 0 Å². The van der Waals surface area contributed by atoms with E-state index in [9.17, 15) is 5.26 Å². The molecule has 0 saturated heterocycles. The zero-order valence-corrected chi connectivity index (χ0v) is 15.6. The van der Waals surface area contributed by atoms with E-state index in [-0.39, 0.29) is 0 Å². The number of hydrazine groups is 1. The molecule has 1 aromatic heterocycles. The molecule has 0 fully saturated rings. The molecule has 5 nitrogen and oxygen atoms in total. The summed E-state index contributed by atoms with van der Waals surface area (Å²) >= 11 is 0. The van der Waals surface area contributed by atoms with Crippen molar-refractivity contribution in [3.8, 4) is 6.07 Å². The average Bonchev–Trinajstić information content (AvgIpc) is 3.21. The third kappa shape index (κ3) is 2.67. The van der Waals surface area contributed by atoms with E-state index in [1.165, 1.54) is 11.1 Å². The molecular weight excluding hydrogens is 348 g/mol. The Bertz CT molecular complexity index is 1180. The normalized spacial score (nSPS) is 16.4. The highest BCUT2D eigenvalue weighted by atomic mass is 16.3. The van der Waals surface area contributed by atoms with Crippen LogP contribution < -0.4 is 10.7 Å². The van der Waals surface area contributed by atoms with Gasteiger partial charge in [-0.15, -0.1) is 0 Å². The fraction of sp³-hybridized carbons (Fsp3) is 0.174. The Hall–Kier alpha value is -3.49. The number of nitriles is 1. The highest BCUT2D eigenvalue weighted by molar-refractivity contribution is 6.08. The number of rotatable bonds is 2. The molecule has 2 aromatic carbocycles. The highest BCUT2D eigenvalue weighted by Gasteiger charge is 2.24. The van der Waals surface area contributed by atoms with Gasteiger partial charge in [-0.05, 0) is 53.4 Å². The minimum atomic E-state index is 0.583. The Kier molecular flexibility index (Phi) is 3.92. The first-order chi connectivity index (χ1) is 13.7. The van der Waals surface area contributed by atoms with Gasteiger partial charge in [0.2, 0.25) is 0 Å². The topological polar surface area (TPSA) is 64.2 Å². The summed E-state index contributed by atoms with van der Waals surface area (Å²) < 4.78 is 5.60. The average molecular weight is 368 g/mol. The van der Waals surface area contributed by atoms with Crippen molar-refractivity contribution in [2.75, 3.05) is 13.6 Å². The molecule has 5 rings (SSSR count). The summed E-state index contributed by atoms with van der Waals surface area (Å²) in [6.45, 7) is 1.90. The molecule has 0 bridgehead atoms. The van der Waals surface area contributed by atoms with Crippen LogP contribution in [0.5, 0.6) is 0 Å². The summed E-state index contributed by atoms with van der Waals surface area (Å²) in [5, 5.41) is 16.1. The fourth-order valence-electron chi connectivity index (χ4n) is 4.00. The largest absolute Gasteiger partial charge is 0.464 e. The van der Waals surface area contributed by atoms with E-state index in [4.69, 9.17) is 4.42 Å². The van der Waals surface area contributed by atoms with Crippen LogP contribution in [0.1, 0.15) is 22.3 Å². The third-order valence-electron chi connectivity index (χ3n) is 5.50. The van der Waals surface area contributed by atoms with E-state index in [0.717, 1.165) is 52.8 Å². The molecule has 0 radical (unpaired) electrons. The zero-order chi connectivity index (χ0) is 19.1. The molecule has 3 aromatic rings. The maximum absolute atomic E-state index is 9.87. The van der Waals surface area contributed by atoms with Gasteiger partial charge in [0, 0.05) is 36.3 Å². The molecule has 0 aliphatic carbocycles. The van der Waals surface area contributed by atoms with Crippen molar-refractivity contribution in [1.29, 1.82) is 5.26 Å². The molecule has 2 N–H and O–H groups in total. The van der Waals surface area contributed by atoms with Gasteiger partial charge in [-0.25, -0.2) is 0 Å². The number of nitrogens with one attached hydrogen (secondary N) is 2. The predicted octanol–water partition coefficient (Wildman–Crippen LogP) is 3.80. The molecule has 2 aliphatic heterocycles. The van der Waals surface area contributed by atoms with Gasteiger partial charge >= 0.3 is 0 Å². The molecule has 0 amide bonds. The minimum Gasteiger partial charge on any atom is -0.464 e.